The molecule has 0 aromatic carbocycles. The summed E-state index contributed by atoms with van der Waals surface area (Å²) in [7, 11) is 3.73. The van der Waals surface area contributed by atoms with E-state index in [1.165, 1.54) is 0 Å². The highest BCUT2D eigenvalue weighted by atomic mass is 16.1. The van der Waals surface area contributed by atoms with E-state index < -0.39 is 0 Å². The van der Waals surface area contributed by atoms with Gasteiger partial charge in [0.1, 0.15) is 0 Å². The molecule has 1 rings (SSSR count). The quantitative estimate of drug-likeness (QED) is 0.825. The summed E-state index contributed by atoms with van der Waals surface area (Å²) in [6, 6.07) is 0. The third kappa shape index (κ3) is 2.92. The van der Waals surface area contributed by atoms with E-state index in [9.17, 15) is 4.79 Å². The Balaban J connectivity index is 2.86. The van der Waals surface area contributed by atoms with Crippen molar-refractivity contribution in [1.82, 2.24) is 15.3 Å². The van der Waals surface area contributed by atoms with E-state index in [0.717, 1.165) is 6.42 Å². The molecule has 5 nitrogen and oxygen atoms in total. The lowest BCUT2D eigenvalue weighted by Crippen LogP contribution is -2.26. The normalized spacial score (nSPS) is 10.0. The zero-order valence-corrected chi connectivity index (χ0v) is 10.2. The molecule has 0 unspecified atom stereocenters. The molecule has 1 N–H and O–H groups in total. The molecular weight excluding hydrogens is 204 g/mol. The molecule has 1 aromatic heterocycles. The summed E-state index contributed by atoms with van der Waals surface area (Å²) in [5.41, 5.74) is 1.24. The molecule has 0 saturated carbocycles. The first kappa shape index (κ1) is 12.4. The van der Waals surface area contributed by atoms with Gasteiger partial charge in [-0.2, -0.15) is 0 Å². The van der Waals surface area contributed by atoms with Crippen molar-refractivity contribution >= 4 is 11.9 Å². The fraction of sp³-hybridized carbons (Fsp3) is 0.545. The molecule has 1 aromatic rings. The van der Waals surface area contributed by atoms with E-state index >= 15 is 0 Å². The van der Waals surface area contributed by atoms with Crippen LogP contribution >= 0.6 is 0 Å². The lowest BCUT2D eigenvalue weighted by atomic mass is 10.2. The van der Waals surface area contributed by atoms with Crippen molar-refractivity contribution in [2.24, 2.45) is 0 Å². The molecule has 0 bridgehead atoms. The Hall–Kier alpha value is -1.65. The zero-order valence-electron chi connectivity index (χ0n) is 10.2. The number of nitrogens with one attached hydrogen (secondary N) is 1. The summed E-state index contributed by atoms with van der Waals surface area (Å²) in [5, 5.41) is 2.81. The van der Waals surface area contributed by atoms with Crippen LogP contribution in [0.4, 0.5) is 5.95 Å². The molecule has 5 heteroatoms. The van der Waals surface area contributed by atoms with Gasteiger partial charge in [0.25, 0.3) is 5.91 Å². The number of carbonyl (C=O) groups is 1. The molecule has 0 saturated heterocycles. The van der Waals surface area contributed by atoms with Crippen molar-refractivity contribution in [3.63, 3.8) is 0 Å². The molecule has 0 aliphatic rings. The molecule has 16 heavy (non-hydrogen) atoms. The predicted octanol–water partition coefficient (Wildman–Crippen LogP) is 0.991. The Kier molecular flexibility index (Phi) is 4.22. The maximum atomic E-state index is 11.7. The molecule has 1 heterocycles. The lowest BCUT2D eigenvalue weighted by Gasteiger charge is -2.12. The maximum absolute atomic E-state index is 11.7. The van der Waals surface area contributed by atoms with E-state index in [4.69, 9.17) is 0 Å². The van der Waals surface area contributed by atoms with Gasteiger partial charge in [0.2, 0.25) is 5.95 Å². The highest BCUT2D eigenvalue weighted by molar-refractivity contribution is 5.94. The maximum Gasteiger partial charge on any atom is 0.254 e. The van der Waals surface area contributed by atoms with Crippen LogP contribution in [-0.2, 0) is 0 Å². The van der Waals surface area contributed by atoms with Crippen molar-refractivity contribution in [1.29, 1.82) is 0 Å². The summed E-state index contributed by atoms with van der Waals surface area (Å²) in [6.07, 6.45) is 2.49. The summed E-state index contributed by atoms with van der Waals surface area (Å²) in [5.74, 6) is 0.509. The fourth-order valence-electron chi connectivity index (χ4n) is 1.23. The van der Waals surface area contributed by atoms with Gasteiger partial charge in [-0.1, -0.05) is 6.92 Å². The predicted molar refractivity (Wildman–Crippen MR) is 63.7 cm³/mol. The summed E-state index contributed by atoms with van der Waals surface area (Å²) >= 11 is 0. The number of rotatable bonds is 4. The minimum Gasteiger partial charge on any atom is -0.352 e. The monoisotopic (exact) mass is 222 g/mol. The highest BCUT2D eigenvalue weighted by Crippen LogP contribution is 2.08. The Morgan fingerprint density at radius 3 is 2.69 bits per heavy atom. The van der Waals surface area contributed by atoms with Gasteiger partial charge >= 0.3 is 0 Å². The summed E-state index contributed by atoms with van der Waals surface area (Å²) < 4.78 is 0. The minimum atomic E-state index is -0.107. The van der Waals surface area contributed by atoms with Crippen molar-refractivity contribution in [2.75, 3.05) is 25.5 Å². The first-order valence-corrected chi connectivity index (χ1v) is 5.35. The van der Waals surface area contributed by atoms with Gasteiger partial charge in [-0.15, -0.1) is 0 Å². The van der Waals surface area contributed by atoms with Gasteiger partial charge in [-0.05, 0) is 13.3 Å². The summed E-state index contributed by atoms with van der Waals surface area (Å²) in [6.45, 7) is 4.50. The van der Waals surface area contributed by atoms with Crippen LogP contribution in [0.1, 0.15) is 29.4 Å². The zero-order chi connectivity index (χ0) is 12.1. The number of hydrogen-bond donors (Lipinski definition) is 1. The topological polar surface area (TPSA) is 58.1 Å². The number of hydrogen-bond acceptors (Lipinski definition) is 4. The first-order valence-electron chi connectivity index (χ1n) is 5.35. The van der Waals surface area contributed by atoms with Crippen LogP contribution in [0.2, 0.25) is 0 Å². The van der Waals surface area contributed by atoms with Crippen molar-refractivity contribution in [3.05, 3.63) is 17.5 Å². The fourth-order valence-corrected chi connectivity index (χ4v) is 1.23. The number of carbonyl (C=O) groups excluding carboxylic acids is 1. The number of amides is 1. The second-order valence-electron chi connectivity index (χ2n) is 3.82. The highest BCUT2D eigenvalue weighted by Gasteiger charge is 2.11. The van der Waals surface area contributed by atoms with Gasteiger partial charge in [0.15, 0.2) is 0 Å². The van der Waals surface area contributed by atoms with Gasteiger partial charge in [0.05, 0.1) is 11.3 Å². The minimum absolute atomic E-state index is 0.107. The molecule has 0 aliphatic carbocycles. The van der Waals surface area contributed by atoms with Crippen molar-refractivity contribution in [2.45, 2.75) is 20.3 Å². The van der Waals surface area contributed by atoms with E-state index in [0.29, 0.717) is 23.8 Å². The average Bonchev–Trinajstić information content (AvgIpc) is 2.25. The van der Waals surface area contributed by atoms with Gasteiger partial charge in [-0.3, -0.25) is 4.79 Å². The second kappa shape index (κ2) is 5.44. The second-order valence-corrected chi connectivity index (χ2v) is 3.82. The van der Waals surface area contributed by atoms with Crippen LogP contribution in [0.25, 0.3) is 0 Å². The Bertz CT molecular complexity index is 376. The van der Waals surface area contributed by atoms with Crippen LogP contribution in [0, 0.1) is 6.92 Å². The Morgan fingerprint density at radius 1 is 1.50 bits per heavy atom. The van der Waals surface area contributed by atoms with Crippen LogP contribution in [0.15, 0.2) is 6.20 Å². The van der Waals surface area contributed by atoms with Crippen LogP contribution in [0.5, 0.6) is 0 Å². The largest absolute Gasteiger partial charge is 0.352 e. The van der Waals surface area contributed by atoms with Crippen LogP contribution in [-0.4, -0.2) is 36.5 Å². The summed E-state index contributed by atoms with van der Waals surface area (Å²) in [4.78, 5) is 21.9. The third-order valence-corrected chi connectivity index (χ3v) is 2.15. The molecule has 0 aliphatic heterocycles. The molecular formula is C11H18N4O. The SMILES string of the molecule is CCCNC(=O)c1cnc(N(C)C)nc1C. The number of aryl methyl sites for hydroxylation is 1. The van der Waals surface area contributed by atoms with Crippen LogP contribution < -0.4 is 10.2 Å². The third-order valence-electron chi connectivity index (χ3n) is 2.15. The standard InChI is InChI=1S/C11H18N4O/c1-5-6-12-10(16)9-7-13-11(15(3)4)14-8(9)2/h7H,5-6H2,1-4H3,(H,12,16). The number of aromatic nitrogens is 2. The molecule has 0 radical (unpaired) electrons. The number of nitrogens with zero attached hydrogens (tertiary/aromatic N) is 3. The van der Waals surface area contributed by atoms with E-state index in [1.54, 1.807) is 11.1 Å². The van der Waals surface area contributed by atoms with E-state index in [-0.39, 0.29) is 5.91 Å². The van der Waals surface area contributed by atoms with Gasteiger partial charge in [-0.25, -0.2) is 9.97 Å². The van der Waals surface area contributed by atoms with Gasteiger partial charge in [0, 0.05) is 26.8 Å². The molecule has 0 spiro atoms. The van der Waals surface area contributed by atoms with E-state index in [1.807, 2.05) is 27.9 Å². The molecule has 88 valence electrons. The molecule has 1 amide bonds. The molecule has 0 atom stereocenters. The lowest BCUT2D eigenvalue weighted by molar-refractivity contribution is 0.0952. The Labute approximate surface area is 95.9 Å². The van der Waals surface area contributed by atoms with Gasteiger partial charge < -0.3 is 10.2 Å². The van der Waals surface area contributed by atoms with Crippen molar-refractivity contribution in [3.8, 4) is 0 Å². The first-order chi connectivity index (χ1) is 7.56. The van der Waals surface area contributed by atoms with Crippen molar-refractivity contribution < 1.29 is 4.79 Å². The number of anilines is 1. The average molecular weight is 222 g/mol. The Morgan fingerprint density at radius 2 is 2.19 bits per heavy atom. The molecule has 0 fully saturated rings. The van der Waals surface area contributed by atoms with Crippen LogP contribution in [0.3, 0.4) is 0 Å². The smallest absolute Gasteiger partial charge is 0.254 e. The van der Waals surface area contributed by atoms with E-state index in [2.05, 4.69) is 15.3 Å².